The molecule has 0 unspecified atom stereocenters. The fraction of sp³-hybridized carbons (Fsp3) is 0.154. The van der Waals surface area contributed by atoms with Crippen LogP contribution in [0.2, 0.25) is 0 Å². The van der Waals surface area contributed by atoms with E-state index in [4.69, 9.17) is 10.7 Å². The van der Waals surface area contributed by atoms with E-state index in [1.807, 2.05) is 54.6 Å². The van der Waals surface area contributed by atoms with E-state index >= 15 is 0 Å². The van der Waals surface area contributed by atoms with Crippen molar-refractivity contribution in [1.82, 2.24) is 14.9 Å². The number of rotatable bonds is 3. The molecule has 0 atom stereocenters. The van der Waals surface area contributed by atoms with E-state index in [0.29, 0.717) is 18.1 Å². The van der Waals surface area contributed by atoms with Crippen LogP contribution in [-0.2, 0) is 19.5 Å². The first kappa shape index (κ1) is 20.3. The van der Waals surface area contributed by atoms with Gasteiger partial charge in [0.15, 0.2) is 0 Å². The third kappa shape index (κ3) is 4.50. The minimum Gasteiger partial charge on any atom is -0.399 e. The molecule has 0 bridgehead atoms. The Morgan fingerprint density at radius 2 is 1.84 bits per heavy atom. The zero-order valence-electron chi connectivity index (χ0n) is 17.5. The summed E-state index contributed by atoms with van der Waals surface area (Å²) in [5.41, 5.74) is 9.92. The maximum atomic E-state index is 12.8. The van der Waals surface area contributed by atoms with E-state index in [9.17, 15) is 4.79 Å². The van der Waals surface area contributed by atoms with Gasteiger partial charge in [-0.15, -0.1) is 11.3 Å². The number of H-pyrrole nitrogens is 1. The number of thiophene rings is 1. The fourth-order valence-electron chi connectivity index (χ4n) is 3.80. The number of nitrogens with zero attached hydrogens (tertiary/aromatic N) is 2. The molecule has 0 aliphatic carbocycles. The highest BCUT2D eigenvalue weighted by molar-refractivity contribution is 7.12. The van der Waals surface area contributed by atoms with Crippen LogP contribution >= 0.6 is 11.3 Å². The number of nitrogen functional groups attached to an aromatic ring is 1. The molecular weight excluding hydrogens is 416 g/mol. The SMILES string of the molecule is Nc1ccc(-c2nc3c(c(=O)[nH]2)CN(Cc2ccc(C#Cc4ccccc4)s2)CC3)cc1. The molecule has 5 nitrogen and oxygen atoms in total. The average Bonchev–Trinajstić information content (AvgIpc) is 3.26. The van der Waals surface area contributed by atoms with E-state index in [1.54, 1.807) is 11.3 Å². The highest BCUT2D eigenvalue weighted by Crippen LogP contribution is 2.23. The second-order valence-corrected chi connectivity index (χ2v) is 8.97. The van der Waals surface area contributed by atoms with Gasteiger partial charge >= 0.3 is 0 Å². The molecule has 3 heterocycles. The maximum Gasteiger partial charge on any atom is 0.255 e. The van der Waals surface area contributed by atoms with Crippen molar-refractivity contribution in [3.8, 4) is 23.2 Å². The molecule has 2 aromatic heterocycles. The number of hydrogen-bond acceptors (Lipinski definition) is 5. The first-order valence-corrected chi connectivity index (χ1v) is 11.3. The highest BCUT2D eigenvalue weighted by atomic mass is 32.1. The zero-order valence-corrected chi connectivity index (χ0v) is 18.3. The molecule has 1 aliphatic heterocycles. The second kappa shape index (κ2) is 8.83. The van der Waals surface area contributed by atoms with Gasteiger partial charge in [-0.1, -0.05) is 30.0 Å². The van der Waals surface area contributed by atoms with Gasteiger partial charge in [0.2, 0.25) is 0 Å². The smallest absolute Gasteiger partial charge is 0.255 e. The summed E-state index contributed by atoms with van der Waals surface area (Å²) in [5.74, 6) is 7.05. The Balaban J connectivity index is 1.29. The quantitative estimate of drug-likeness (QED) is 0.374. The number of anilines is 1. The van der Waals surface area contributed by atoms with Crippen LogP contribution in [0, 0.1) is 11.8 Å². The van der Waals surface area contributed by atoms with Crippen molar-refractivity contribution >= 4 is 17.0 Å². The van der Waals surface area contributed by atoms with Crippen LogP contribution < -0.4 is 11.3 Å². The Hall–Kier alpha value is -3.66. The van der Waals surface area contributed by atoms with Crippen LogP contribution in [0.25, 0.3) is 11.4 Å². The molecule has 0 amide bonds. The summed E-state index contributed by atoms with van der Waals surface area (Å²) in [4.78, 5) is 25.0. The van der Waals surface area contributed by atoms with Crippen molar-refractivity contribution in [3.63, 3.8) is 0 Å². The molecule has 2 aromatic carbocycles. The third-order valence-corrected chi connectivity index (χ3v) is 6.46. The van der Waals surface area contributed by atoms with Gasteiger partial charge in [0.05, 0.1) is 16.1 Å². The monoisotopic (exact) mass is 438 g/mol. The summed E-state index contributed by atoms with van der Waals surface area (Å²) >= 11 is 1.71. The maximum absolute atomic E-state index is 12.8. The summed E-state index contributed by atoms with van der Waals surface area (Å²) in [5, 5.41) is 0. The van der Waals surface area contributed by atoms with Gasteiger partial charge in [0.25, 0.3) is 5.56 Å². The van der Waals surface area contributed by atoms with Gasteiger partial charge in [-0.3, -0.25) is 9.69 Å². The van der Waals surface area contributed by atoms with Gasteiger partial charge in [-0.05, 0) is 48.5 Å². The fourth-order valence-corrected chi connectivity index (χ4v) is 4.70. The molecule has 6 heteroatoms. The predicted molar refractivity (Wildman–Crippen MR) is 129 cm³/mol. The lowest BCUT2D eigenvalue weighted by molar-refractivity contribution is 0.244. The average molecular weight is 439 g/mol. The lowest BCUT2D eigenvalue weighted by Gasteiger charge is -2.27. The Kier molecular flexibility index (Phi) is 5.59. The van der Waals surface area contributed by atoms with Crippen molar-refractivity contribution in [2.75, 3.05) is 12.3 Å². The second-order valence-electron chi connectivity index (χ2n) is 7.80. The molecular formula is C26H22N4OS. The van der Waals surface area contributed by atoms with Crippen molar-refractivity contribution in [2.45, 2.75) is 19.5 Å². The minimum atomic E-state index is -0.0629. The summed E-state index contributed by atoms with van der Waals surface area (Å²) in [6.07, 6.45) is 0.757. The molecule has 0 saturated heterocycles. The number of fused-ring (bicyclic) bond motifs is 1. The normalized spacial score (nSPS) is 13.2. The van der Waals surface area contributed by atoms with Crippen molar-refractivity contribution in [3.05, 3.63) is 104 Å². The van der Waals surface area contributed by atoms with Gasteiger partial charge in [-0.2, -0.15) is 0 Å². The Bertz CT molecular complexity index is 1360. The van der Waals surface area contributed by atoms with Crippen LogP contribution in [-0.4, -0.2) is 21.4 Å². The van der Waals surface area contributed by atoms with Crippen LogP contribution in [0.15, 0.2) is 71.5 Å². The number of nitrogens with one attached hydrogen (secondary N) is 1. The number of aromatic amines is 1. The van der Waals surface area contributed by atoms with E-state index in [-0.39, 0.29) is 5.56 Å². The minimum absolute atomic E-state index is 0.0629. The van der Waals surface area contributed by atoms with E-state index in [2.05, 4.69) is 33.9 Å². The first-order valence-electron chi connectivity index (χ1n) is 10.5. The molecule has 0 fully saturated rings. The lowest BCUT2D eigenvalue weighted by atomic mass is 10.1. The van der Waals surface area contributed by atoms with Crippen LogP contribution in [0.1, 0.15) is 26.6 Å². The Morgan fingerprint density at radius 3 is 2.66 bits per heavy atom. The lowest BCUT2D eigenvalue weighted by Crippen LogP contribution is -2.35. The highest BCUT2D eigenvalue weighted by Gasteiger charge is 2.22. The number of hydrogen-bond donors (Lipinski definition) is 2. The van der Waals surface area contributed by atoms with E-state index < -0.39 is 0 Å². The molecule has 4 aromatic rings. The molecule has 0 saturated carbocycles. The van der Waals surface area contributed by atoms with Crippen molar-refractivity contribution < 1.29 is 0 Å². The molecule has 158 valence electrons. The number of benzene rings is 2. The van der Waals surface area contributed by atoms with Crippen LogP contribution in [0.4, 0.5) is 5.69 Å². The predicted octanol–water partition coefficient (Wildman–Crippen LogP) is 4.04. The standard InChI is InChI=1S/C26H22N4OS/c27-20-9-7-19(8-10-20)25-28-24-14-15-30(17-23(24)26(31)29-25)16-22-13-12-21(32-22)11-6-18-4-2-1-3-5-18/h1-5,7-10,12-13H,14-17,27H2,(H,28,29,31). The topological polar surface area (TPSA) is 75.0 Å². The van der Waals surface area contributed by atoms with Gasteiger partial charge in [0, 0.05) is 47.7 Å². The first-order chi connectivity index (χ1) is 15.6. The van der Waals surface area contributed by atoms with E-state index in [0.717, 1.165) is 46.8 Å². The van der Waals surface area contributed by atoms with E-state index in [1.165, 1.54) is 4.88 Å². The Morgan fingerprint density at radius 1 is 1.03 bits per heavy atom. The summed E-state index contributed by atoms with van der Waals surface area (Å²) in [6.45, 7) is 2.27. The Labute approximate surface area is 190 Å². The summed E-state index contributed by atoms with van der Waals surface area (Å²) in [6, 6.07) is 21.6. The molecule has 5 rings (SSSR count). The number of nitrogens with two attached hydrogens (primary N) is 1. The zero-order chi connectivity index (χ0) is 21.9. The summed E-state index contributed by atoms with van der Waals surface area (Å²) in [7, 11) is 0. The van der Waals surface area contributed by atoms with Gasteiger partial charge < -0.3 is 10.7 Å². The molecule has 0 radical (unpaired) electrons. The molecule has 0 spiro atoms. The van der Waals surface area contributed by atoms with Crippen molar-refractivity contribution in [1.29, 1.82) is 0 Å². The van der Waals surface area contributed by atoms with Crippen LogP contribution in [0.5, 0.6) is 0 Å². The summed E-state index contributed by atoms with van der Waals surface area (Å²) < 4.78 is 0. The molecule has 3 N–H and O–H groups in total. The number of aromatic nitrogens is 2. The largest absolute Gasteiger partial charge is 0.399 e. The van der Waals surface area contributed by atoms with Crippen LogP contribution in [0.3, 0.4) is 0 Å². The van der Waals surface area contributed by atoms with Gasteiger partial charge in [0.1, 0.15) is 5.82 Å². The molecule has 32 heavy (non-hydrogen) atoms. The van der Waals surface area contributed by atoms with Gasteiger partial charge in [-0.25, -0.2) is 4.98 Å². The van der Waals surface area contributed by atoms with Crippen molar-refractivity contribution in [2.24, 2.45) is 0 Å². The molecule has 1 aliphatic rings. The third-order valence-electron chi connectivity index (χ3n) is 5.48.